The minimum absolute atomic E-state index is 0.0567. The van der Waals surface area contributed by atoms with E-state index in [0.29, 0.717) is 0 Å². The highest BCUT2D eigenvalue weighted by molar-refractivity contribution is 4.53. The first kappa shape index (κ1) is 9.96. The van der Waals surface area contributed by atoms with Gasteiger partial charge in [-0.3, -0.25) is 0 Å². The van der Waals surface area contributed by atoms with Gasteiger partial charge in [0, 0.05) is 0 Å². The highest BCUT2D eigenvalue weighted by Gasteiger charge is 2.00. The van der Waals surface area contributed by atoms with Crippen molar-refractivity contribution in [3.63, 3.8) is 0 Å². The second-order valence-electron chi connectivity index (χ2n) is 3.39. The molecular formula is C9H20O. The molecule has 0 spiro atoms. The molecule has 0 heterocycles. The molecule has 0 aliphatic carbocycles. The van der Waals surface area contributed by atoms with Crippen LogP contribution in [-0.4, -0.2) is 11.2 Å². The minimum atomic E-state index is -0.0567. The standard InChI is InChI=1S/C9H20O/c1-4-9(10)7-5-6-8(2)3/h8-10H,4-7H2,1-3H3/t9-/m1/s1. The Morgan fingerprint density at radius 1 is 1.20 bits per heavy atom. The zero-order chi connectivity index (χ0) is 7.98. The molecule has 0 aromatic carbocycles. The second-order valence-corrected chi connectivity index (χ2v) is 3.39. The Labute approximate surface area is 64.5 Å². The van der Waals surface area contributed by atoms with Crippen molar-refractivity contribution in [1.82, 2.24) is 0 Å². The van der Waals surface area contributed by atoms with Crippen LogP contribution in [0.1, 0.15) is 46.5 Å². The highest BCUT2D eigenvalue weighted by Crippen LogP contribution is 2.09. The number of hydrogen-bond donors (Lipinski definition) is 1. The van der Waals surface area contributed by atoms with Crippen molar-refractivity contribution in [3.8, 4) is 0 Å². The van der Waals surface area contributed by atoms with Crippen molar-refractivity contribution in [1.29, 1.82) is 0 Å². The van der Waals surface area contributed by atoms with Crippen LogP contribution in [0.2, 0.25) is 0 Å². The zero-order valence-electron chi connectivity index (χ0n) is 7.43. The molecule has 1 N–H and O–H groups in total. The number of aliphatic hydroxyl groups is 1. The van der Waals surface area contributed by atoms with E-state index in [0.717, 1.165) is 18.8 Å². The first-order valence-electron chi connectivity index (χ1n) is 4.34. The van der Waals surface area contributed by atoms with E-state index >= 15 is 0 Å². The van der Waals surface area contributed by atoms with Gasteiger partial charge in [-0.1, -0.05) is 33.6 Å². The first-order valence-corrected chi connectivity index (χ1v) is 4.34. The van der Waals surface area contributed by atoms with E-state index in [9.17, 15) is 5.11 Å². The average molecular weight is 144 g/mol. The fourth-order valence-corrected chi connectivity index (χ4v) is 0.966. The fraction of sp³-hybridized carbons (Fsp3) is 1.00. The molecule has 0 aliphatic heterocycles. The van der Waals surface area contributed by atoms with Crippen LogP contribution in [0.5, 0.6) is 0 Å². The van der Waals surface area contributed by atoms with Gasteiger partial charge in [0.1, 0.15) is 0 Å². The monoisotopic (exact) mass is 144 g/mol. The predicted octanol–water partition coefficient (Wildman–Crippen LogP) is 2.58. The third-order valence-electron chi connectivity index (χ3n) is 1.79. The molecule has 0 aromatic rings. The Bertz CT molecular complexity index is 69.1. The molecule has 1 heteroatoms. The van der Waals surface area contributed by atoms with E-state index in [1.54, 1.807) is 0 Å². The Hall–Kier alpha value is -0.0400. The van der Waals surface area contributed by atoms with Gasteiger partial charge in [0.2, 0.25) is 0 Å². The molecule has 0 saturated heterocycles. The Morgan fingerprint density at radius 3 is 2.20 bits per heavy atom. The number of hydrogen-bond acceptors (Lipinski definition) is 1. The topological polar surface area (TPSA) is 20.2 Å². The maximum Gasteiger partial charge on any atom is 0.0537 e. The Balaban J connectivity index is 3.03. The van der Waals surface area contributed by atoms with Gasteiger partial charge in [0.25, 0.3) is 0 Å². The van der Waals surface area contributed by atoms with Crippen LogP contribution in [0, 0.1) is 5.92 Å². The van der Waals surface area contributed by atoms with Gasteiger partial charge < -0.3 is 5.11 Å². The third kappa shape index (κ3) is 6.09. The van der Waals surface area contributed by atoms with Crippen LogP contribution in [0.3, 0.4) is 0 Å². The SMILES string of the molecule is CC[C@@H](O)CCCC(C)C. The van der Waals surface area contributed by atoms with Crippen molar-refractivity contribution < 1.29 is 5.11 Å². The molecule has 0 fully saturated rings. The summed E-state index contributed by atoms with van der Waals surface area (Å²) in [6.45, 7) is 6.47. The lowest BCUT2D eigenvalue weighted by Crippen LogP contribution is -2.04. The van der Waals surface area contributed by atoms with E-state index in [1.807, 2.05) is 6.92 Å². The van der Waals surface area contributed by atoms with Crippen LogP contribution in [0.25, 0.3) is 0 Å². The normalized spacial score (nSPS) is 14.1. The van der Waals surface area contributed by atoms with Gasteiger partial charge in [-0.2, -0.15) is 0 Å². The van der Waals surface area contributed by atoms with Crippen LogP contribution in [-0.2, 0) is 0 Å². The van der Waals surface area contributed by atoms with Crippen molar-refractivity contribution in [3.05, 3.63) is 0 Å². The van der Waals surface area contributed by atoms with Gasteiger partial charge in [0.15, 0.2) is 0 Å². The molecular weight excluding hydrogens is 124 g/mol. The first-order chi connectivity index (χ1) is 4.66. The molecule has 0 radical (unpaired) electrons. The lowest BCUT2D eigenvalue weighted by Gasteiger charge is -2.07. The summed E-state index contributed by atoms with van der Waals surface area (Å²) in [6, 6.07) is 0. The van der Waals surface area contributed by atoms with E-state index in [4.69, 9.17) is 0 Å². The van der Waals surface area contributed by atoms with E-state index in [1.165, 1.54) is 12.8 Å². The van der Waals surface area contributed by atoms with Crippen molar-refractivity contribution >= 4 is 0 Å². The van der Waals surface area contributed by atoms with Gasteiger partial charge in [0.05, 0.1) is 6.10 Å². The molecule has 0 aromatic heterocycles. The summed E-state index contributed by atoms with van der Waals surface area (Å²) >= 11 is 0. The molecule has 0 aliphatic rings. The summed E-state index contributed by atoms with van der Waals surface area (Å²) in [7, 11) is 0. The van der Waals surface area contributed by atoms with Gasteiger partial charge in [-0.05, 0) is 18.8 Å². The number of aliphatic hydroxyl groups excluding tert-OH is 1. The maximum atomic E-state index is 9.17. The average Bonchev–Trinajstić information content (AvgIpc) is 1.87. The quantitative estimate of drug-likeness (QED) is 0.628. The summed E-state index contributed by atoms with van der Waals surface area (Å²) in [5.74, 6) is 0.782. The van der Waals surface area contributed by atoms with Crippen LogP contribution in [0.4, 0.5) is 0 Å². The fourth-order valence-electron chi connectivity index (χ4n) is 0.966. The molecule has 1 atom stereocenters. The van der Waals surface area contributed by atoms with Crippen molar-refractivity contribution in [2.75, 3.05) is 0 Å². The second kappa shape index (κ2) is 5.72. The smallest absolute Gasteiger partial charge is 0.0537 e. The highest BCUT2D eigenvalue weighted by atomic mass is 16.3. The number of rotatable bonds is 5. The zero-order valence-corrected chi connectivity index (χ0v) is 7.43. The van der Waals surface area contributed by atoms with E-state index in [-0.39, 0.29) is 6.10 Å². The minimum Gasteiger partial charge on any atom is -0.393 e. The summed E-state index contributed by atoms with van der Waals surface area (Å²) in [5, 5.41) is 9.17. The molecule has 0 unspecified atom stereocenters. The molecule has 0 rings (SSSR count). The van der Waals surface area contributed by atoms with Crippen LogP contribution >= 0.6 is 0 Å². The van der Waals surface area contributed by atoms with E-state index in [2.05, 4.69) is 13.8 Å². The Morgan fingerprint density at radius 2 is 1.80 bits per heavy atom. The largest absolute Gasteiger partial charge is 0.393 e. The summed E-state index contributed by atoms with van der Waals surface area (Å²) in [5.41, 5.74) is 0. The van der Waals surface area contributed by atoms with Crippen molar-refractivity contribution in [2.45, 2.75) is 52.6 Å². The summed E-state index contributed by atoms with van der Waals surface area (Å²) in [6.07, 6.45) is 4.25. The lowest BCUT2D eigenvalue weighted by atomic mass is 10.0. The van der Waals surface area contributed by atoms with Crippen LogP contribution in [0.15, 0.2) is 0 Å². The molecule has 0 amide bonds. The van der Waals surface area contributed by atoms with Gasteiger partial charge in [-0.15, -0.1) is 0 Å². The summed E-state index contributed by atoms with van der Waals surface area (Å²) < 4.78 is 0. The van der Waals surface area contributed by atoms with Crippen molar-refractivity contribution in [2.24, 2.45) is 5.92 Å². The molecule has 10 heavy (non-hydrogen) atoms. The predicted molar refractivity (Wildman–Crippen MR) is 45.0 cm³/mol. The molecule has 0 saturated carbocycles. The molecule has 0 bridgehead atoms. The molecule has 1 nitrogen and oxygen atoms in total. The van der Waals surface area contributed by atoms with Gasteiger partial charge >= 0.3 is 0 Å². The third-order valence-corrected chi connectivity index (χ3v) is 1.79. The molecule has 62 valence electrons. The Kier molecular flexibility index (Phi) is 5.70. The lowest BCUT2D eigenvalue weighted by molar-refractivity contribution is 0.155. The summed E-state index contributed by atoms with van der Waals surface area (Å²) in [4.78, 5) is 0. The van der Waals surface area contributed by atoms with Gasteiger partial charge in [-0.25, -0.2) is 0 Å². The maximum absolute atomic E-state index is 9.17. The van der Waals surface area contributed by atoms with Crippen LogP contribution < -0.4 is 0 Å². The van der Waals surface area contributed by atoms with E-state index < -0.39 is 0 Å².